The van der Waals surface area contributed by atoms with Crippen LogP contribution in [0.2, 0.25) is 0 Å². The minimum atomic E-state index is 1.24. The van der Waals surface area contributed by atoms with Gasteiger partial charge in [-0.2, -0.15) is 0 Å². The fraction of sp³-hybridized carbons (Fsp3) is 0.643. The summed E-state index contributed by atoms with van der Waals surface area (Å²) >= 11 is 0. The summed E-state index contributed by atoms with van der Waals surface area (Å²) in [6.45, 7) is 8.00. The molecule has 2 rings (SSSR count). The van der Waals surface area contributed by atoms with Crippen molar-refractivity contribution in [3.63, 3.8) is 0 Å². The van der Waals surface area contributed by atoms with E-state index >= 15 is 0 Å². The van der Waals surface area contributed by atoms with Gasteiger partial charge >= 0.3 is 0 Å². The third-order valence-corrected chi connectivity index (χ3v) is 2.15. The van der Waals surface area contributed by atoms with Crippen LogP contribution in [0.1, 0.15) is 51.7 Å². The van der Waals surface area contributed by atoms with E-state index < -0.39 is 0 Å². The molecule has 0 saturated heterocycles. The number of pyridine rings is 1. The smallest absolute Gasteiger partial charge is 0.0302 e. The van der Waals surface area contributed by atoms with Crippen LogP contribution in [-0.2, 0) is 12.8 Å². The van der Waals surface area contributed by atoms with Crippen molar-refractivity contribution in [2.24, 2.45) is 5.73 Å². The van der Waals surface area contributed by atoms with Crippen molar-refractivity contribution < 1.29 is 0 Å². The summed E-state index contributed by atoms with van der Waals surface area (Å²) in [5, 5.41) is 0. The van der Waals surface area contributed by atoms with E-state index in [-0.39, 0.29) is 0 Å². The van der Waals surface area contributed by atoms with Gasteiger partial charge < -0.3 is 5.73 Å². The molecule has 1 aliphatic rings. The Morgan fingerprint density at radius 3 is 1.94 bits per heavy atom. The van der Waals surface area contributed by atoms with Crippen LogP contribution in [0.4, 0.5) is 0 Å². The van der Waals surface area contributed by atoms with E-state index in [1.165, 1.54) is 43.9 Å². The van der Waals surface area contributed by atoms with Gasteiger partial charge in [-0.3, -0.25) is 4.98 Å². The van der Waals surface area contributed by atoms with E-state index in [9.17, 15) is 0 Å². The molecule has 1 aliphatic carbocycles. The van der Waals surface area contributed by atoms with Gasteiger partial charge in [0.15, 0.2) is 0 Å². The van der Waals surface area contributed by atoms with Gasteiger partial charge in [0, 0.05) is 12.4 Å². The molecule has 0 amide bonds. The molecule has 0 aliphatic heterocycles. The molecule has 2 heteroatoms. The zero-order valence-electron chi connectivity index (χ0n) is 11.6. The maximum Gasteiger partial charge on any atom is 0.0302 e. The van der Waals surface area contributed by atoms with Gasteiger partial charge in [0.25, 0.3) is 0 Å². The highest BCUT2D eigenvalue weighted by atomic mass is 14.6. The van der Waals surface area contributed by atoms with Crippen LogP contribution in [0, 0.1) is 0 Å². The van der Waals surface area contributed by atoms with Crippen LogP contribution in [0.3, 0.4) is 0 Å². The summed E-state index contributed by atoms with van der Waals surface area (Å²) < 4.78 is 0. The number of hydrogen-bond acceptors (Lipinski definition) is 2. The maximum atomic E-state index is 4.50. The first kappa shape index (κ1) is 17.5. The molecule has 1 aromatic heterocycles. The minimum absolute atomic E-state index is 1.24. The lowest BCUT2D eigenvalue weighted by Crippen LogP contribution is -2.01. The number of rotatable bonds is 0. The molecular formula is C14H28N2. The van der Waals surface area contributed by atoms with Crippen molar-refractivity contribution in [1.29, 1.82) is 0 Å². The molecular weight excluding hydrogens is 196 g/mol. The maximum absolute atomic E-state index is 4.50. The van der Waals surface area contributed by atoms with Gasteiger partial charge in [-0.15, -0.1) is 0 Å². The quantitative estimate of drug-likeness (QED) is 0.731. The lowest BCUT2D eigenvalue weighted by molar-refractivity contribution is 0.682. The van der Waals surface area contributed by atoms with Crippen molar-refractivity contribution in [1.82, 2.24) is 4.98 Å². The third-order valence-electron chi connectivity index (χ3n) is 2.15. The van der Waals surface area contributed by atoms with Gasteiger partial charge in [-0.1, -0.05) is 27.7 Å². The van der Waals surface area contributed by atoms with E-state index in [1.54, 1.807) is 0 Å². The summed E-state index contributed by atoms with van der Waals surface area (Å²) in [5.41, 5.74) is 7.48. The van der Waals surface area contributed by atoms with Crippen LogP contribution < -0.4 is 5.73 Å². The van der Waals surface area contributed by atoms with E-state index in [1.807, 2.05) is 40.1 Å². The van der Waals surface area contributed by atoms with Crippen molar-refractivity contribution in [2.75, 3.05) is 7.05 Å². The minimum Gasteiger partial charge on any atom is -0.333 e. The second kappa shape index (κ2) is 14.1. The summed E-state index contributed by atoms with van der Waals surface area (Å²) in [5.74, 6) is 0. The normalized spacial score (nSPS) is 11.4. The average Bonchev–Trinajstić information content (AvgIpc) is 2.45. The summed E-state index contributed by atoms with van der Waals surface area (Å²) in [6, 6.07) is 2.15. The standard InChI is InChI=1S/C9H11N.2C2H6.CH5N/c1-2-4-9-7-10-6-5-8(9)3-1;3*1-2/h5-7H,1-4H2;2*1-2H3;2H2,1H3. The average molecular weight is 224 g/mol. The number of nitrogens with zero attached hydrogens (tertiary/aromatic N) is 1. The van der Waals surface area contributed by atoms with Gasteiger partial charge in [-0.05, 0) is 49.9 Å². The zero-order valence-corrected chi connectivity index (χ0v) is 11.6. The van der Waals surface area contributed by atoms with Gasteiger partial charge in [-0.25, -0.2) is 0 Å². The Bertz CT molecular complexity index is 209. The molecule has 1 aromatic rings. The summed E-state index contributed by atoms with van der Waals surface area (Å²) in [6.07, 6.45) is 9.11. The molecule has 16 heavy (non-hydrogen) atoms. The zero-order chi connectivity index (χ0) is 12.8. The molecule has 0 bridgehead atoms. The van der Waals surface area contributed by atoms with Crippen LogP contribution in [-0.4, -0.2) is 12.0 Å². The molecule has 0 aromatic carbocycles. The first-order valence-electron chi connectivity index (χ1n) is 6.46. The highest BCUT2D eigenvalue weighted by Gasteiger charge is 2.06. The van der Waals surface area contributed by atoms with Crippen LogP contribution in [0.15, 0.2) is 18.5 Å². The highest BCUT2D eigenvalue weighted by molar-refractivity contribution is 5.25. The number of aryl methyl sites for hydroxylation is 2. The van der Waals surface area contributed by atoms with E-state index in [0.717, 1.165) is 0 Å². The Kier molecular flexibility index (Phi) is 15.4. The predicted molar refractivity (Wildman–Crippen MR) is 73.7 cm³/mol. The number of aromatic nitrogens is 1. The van der Waals surface area contributed by atoms with Gasteiger partial charge in [0.05, 0.1) is 0 Å². The molecule has 0 radical (unpaired) electrons. The van der Waals surface area contributed by atoms with Crippen LogP contribution in [0.25, 0.3) is 0 Å². The van der Waals surface area contributed by atoms with E-state index in [0.29, 0.717) is 0 Å². The molecule has 0 spiro atoms. The predicted octanol–water partition coefficient (Wildman–Crippen LogP) is 3.59. The Morgan fingerprint density at radius 2 is 1.44 bits per heavy atom. The fourth-order valence-electron chi connectivity index (χ4n) is 1.56. The highest BCUT2D eigenvalue weighted by Crippen LogP contribution is 2.18. The second-order valence-electron chi connectivity index (χ2n) is 2.85. The van der Waals surface area contributed by atoms with Gasteiger partial charge in [0.1, 0.15) is 0 Å². The first-order valence-corrected chi connectivity index (χ1v) is 6.46. The van der Waals surface area contributed by atoms with E-state index in [4.69, 9.17) is 0 Å². The molecule has 0 fully saturated rings. The Morgan fingerprint density at radius 1 is 0.938 bits per heavy atom. The van der Waals surface area contributed by atoms with Crippen LogP contribution in [0.5, 0.6) is 0 Å². The SMILES string of the molecule is CC.CC.CN.c1cc2c(cn1)CCCC2. The lowest BCUT2D eigenvalue weighted by Gasteiger charge is -2.13. The molecule has 2 N–H and O–H groups in total. The Hall–Kier alpha value is -0.890. The van der Waals surface area contributed by atoms with E-state index in [2.05, 4.69) is 16.8 Å². The topological polar surface area (TPSA) is 38.9 Å². The monoisotopic (exact) mass is 224 g/mol. The summed E-state index contributed by atoms with van der Waals surface area (Å²) in [7, 11) is 1.50. The molecule has 2 nitrogen and oxygen atoms in total. The fourth-order valence-corrected chi connectivity index (χ4v) is 1.56. The molecule has 0 unspecified atom stereocenters. The van der Waals surface area contributed by atoms with Crippen molar-refractivity contribution in [2.45, 2.75) is 53.4 Å². The third kappa shape index (κ3) is 6.57. The Labute approximate surface area is 101 Å². The molecule has 0 atom stereocenters. The van der Waals surface area contributed by atoms with Gasteiger partial charge in [0.2, 0.25) is 0 Å². The number of hydrogen-bond donors (Lipinski definition) is 1. The number of fused-ring (bicyclic) bond motifs is 1. The molecule has 0 saturated carbocycles. The first-order chi connectivity index (χ1) is 7.97. The number of nitrogens with two attached hydrogens (primary N) is 1. The lowest BCUT2D eigenvalue weighted by atomic mass is 9.94. The van der Waals surface area contributed by atoms with Crippen molar-refractivity contribution in [3.8, 4) is 0 Å². The van der Waals surface area contributed by atoms with Crippen molar-refractivity contribution >= 4 is 0 Å². The van der Waals surface area contributed by atoms with Crippen LogP contribution >= 0.6 is 0 Å². The largest absolute Gasteiger partial charge is 0.333 e. The second-order valence-corrected chi connectivity index (χ2v) is 2.85. The molecule has 1 heterocycles. The molecule has 94 valence electrons. The van der Waals surface area contributed by atoms with Crippen molar-refractivity contribution in [3.05, 3.63) is 29.6 Å². The summed E-state index contributed by atoms with van der Waals surface area (Å²) in [4.78, 5) is 4.10. The Balaban J connectivity index is 0.